The summed E-state index contributed by atoms with van der Waals surface area (Å²) in [6.07, 6.45) is 7.83. The summed E-state index contributed by atoms with van der Waals surface area (Å²) in [5, 5.41) is 0. The Labute approximate surface area is 96.3 Å². The third-order valence-electron chi connectivity index (χ3n) is 2.00. The van der Waals surface area contributed by atoms with Crippen LogP contribution in [0.4, 0.5) is 0 Å². The average molecular weight is 223 g/mol. The summed E-state index contributed by atoms with van der Waals surface area (Å²) in [4.78, 5) is 21.5. The number of ether oxygens (including phenoxy) is 2. The van der Waals surface area contributed by atoms with E-state index in [2.05, 4.69) is 0 Å². The molecule has 0 spiro atoms. The van der Waals surface area contributed by atoms with Crippen molar-refractivity contribution in [2.45, 2.75) is 26.4 Å². The molecule has 4 heteroatoms. The van der Waals surface area contributed by atoms with Crippen molar-refractivity contribution in [3.05, 3.63) is 31.6 Å². The van der Waals surface area contributed by atoms with E-state index in [9.17, 15) is 9.59 Å². The van der Waals surface area contributed by atoms with Crippen molar-refractivity contribution in [3.63, 3.8) is 0 Å². The topological polar surface area (TPSA) is 52.6 Å². The van der Waals surface area contributed by atoms with Crippen LogP contribution in [0.2, 0.25) is 0 Å². The van der Waals surface area contributed by atoms with Gasteiger partial charge >= 0.3 is 11.9 Å². The molecule has 87 valence electrons. The van der Waals surface area contributed by atoms with E-state index in [4.69, 9.17) is 9.47 Å². The van der Waals surface area contributed by atoms with Gasteiger partial charge in [-0.3, -0.25) is 9.59 Å². The van der Waals surface area contributed by atoms with Gasteiger partial charge in [0.05, 0.1) is 0 Å². The lowest BCUT2D eigenvalue weighted by Crippen LogP contribution is -2.25. The van der Waals surface area contributed by atoms with Crippen LogP contribution in [0.1, 0.15) is 20.3 Å². The maximum atomic E-state index is 10.9. The van der Waals surface area contributed by atoms with Crippen molar-refractivity contribution in [2.24, 2.45) is 0 Å². The normalized spacial score (nSPS) is 18.1. The van der Waals surface area contributed by atoms with Crippen molar-refractivity contribution < 1.29 is 19.1 Å². The van der Waals surface area contributed by atoms with Crippen LogP contribution >= 0.6 is 0 Å². The first-order valence-electron chi connectivity index (χ1n) is 5.09. The van der Waals surface area contributed by atoms with Gasteiger partial charge in [-0.05, 0) is 38.0 Å². The maximum absolute atomic E-state index is 10.9. The minimum Gasteiger partial charge on any atom is -0.462 e. The largest absolute Gasteiger partial charge is 0.462 e. The average Bonchev–Trinajstić information content (AvgIpc) is 2.66. The van der Waals surface area contributed by atoms with Gasteiger partial charge in [-0.25, -0.2) is 0 Å². The van der Waals surface area contributed by atoms with Gasteiger partial charge in [0.25, 0.3) is 0 Å². The second kappa shape index (κ2) is 6.51. The zero-order valence-corrected chi connectivity index (χ0v) is 9.43. The van der Waals surface area contributed by atoms with Crippen LogP contribution in [0.5, 0.6) is 0 Å². The van der Waals surface area contributed by atoms with Gasteiger partial charge in [-0.1, -0.05) is 0 Å². The molecule has 0 aromatic rings. The fraction of sp³-hybridized carbons (Fsp3) is 0.417. The Morgan fingerprint density at radius 2 is 1.81 bits per heavy atom. The summed E-state index contributed by atoms with van der Waals surface area (Å²) < 4.78 is 9.90. The molecule has 4 nitrogen and oxygen atoms in total. The van der Waals surface area contributed by atoms with Crippen molar-refractivity contribution in [3.8, 4) is 0 Å². The smallest absolute Gasteiger partial charge is 0.303 e. The van der Waals surface area contributed by atoms with Crippen molar-refractivity contribution in [1.29, 1.82) is 0 Å². The van der Waals surface area contributed by atoms with Gasteiger partial charge in [-0.15, -0.1) is 0 Å². The van der Waals surface area contributed by atoms with Crippen LogP contribution in [0.25, 0.3) is 0 Å². The second-order valence-electron chi connectivity index (χ2n) is 3.53. The zero-order chi connectivity index (χ0) is 12.0. The van der Waals surface area contributed by atoms with Crippen LogP contribution in [-0.2, 0) is 19.1 Å². The minimum atomic E-state index is -0.413. The van der Waals surface area contributed by atoms with Crippen molar-refractivity contribution in [2.75, 3.05) is 6.61 Å². The summed E-state index contributed by atoms with van der Waals surface area (Å²) in [7, 11) is 0. The fourth-order valence-electron chi connectivity index (χ4n) is 1.39. The summed E-state index contributed by atoms with van der Waals surface area (Å²) in [5.41, 5.74) is 0. The highest BCUT2D eigenvalue weighted by molar-refractivity contribution is 5.67. The van der Waals surface area contributed by atoms with E-state index in [-0.39, 0.29) is 18.5 Å². The number of esters is 2. The lowest BCUT2D eigenvalue weighted by Gasteiger charge is -2.19. The van der Waals surface area contributed by atoms with Gasteiger partial charge in [-0.2, -0.15) is 0 Å². The third-order valence-corrected chi connectivity index (χ3v) is 2.00. The van der Waals surface area contributed by atoms with E-state index >= 15 is 0 Å². The molecule has 1 saturated carbocycles. The van der Waals surface area contributed by atoms with Crippen LogP contribution in [-0.4, -0.2) is 24.6 Å². The van der Waals surface area contributed by atoms with E-state index in [0.29, 0.717) is 6.42 Å². The molecule has 0 aliphatic heterocycles. The number of rotatable bonds is 5. The Bertz CT molecular complexity index is 243. The SMILES string of the molecule is CC(=O)OC[C@H](C[C]1[CH][CH][CH][CH]1)OC(C)=O. The van der Waals surface area contributed by atoms with Crippen LogP contribution < -0.4 is 0 Å². The quantitative estimate of drug-likeness (QED) is 0.659. The summed E-state index contributed by atoms with van der Waals surface area (Å²) in [5.74, 6) is 0.307. The molecule has 1 fully saturated rings. The Kier molecular flexibility index (Phi) is 5.29. The van der Waals surface area contributed by atoms with E-state index in [0.717, 1.165) is 5.92 Å². The van der Waals surface area contributed by atoms with Crippen LogP contribution in [0.3, 0.4) is 0 Å². The molecule has 0 unspecified atom stereocenters. The molecule has 1 rings (SSSR count). The molecule has 1 aliphatic carbocycles. The summed E-state index contributed by atoms with van der Waals surface area (Å²) >= 11 is 0. The van der Waals surface area contributed by atoms with Crippen LogP contribution in [0, 0.1) is 31.6 Å². The van der Waals surface area contributed by atoms with Crippen LogP contribution in [0.15, 0.2) is 0 Å². The molecule has 0 aromatic carbocycles. The molecule has 1 aliphatic rings. The van der Waals surface area contributed by atoms with E-state index in [1.165, 1.54) is 13.8 Å². The molecule has 0 bridgehead atoms. The lowest BCUT2D eigenvalue weighted by atomic mass is 10.0. The van der Waals surface area contributed by atoms with Gasteiger partial charge in [0, 0.05) is 13.8 Å². The number of carbonyl (C=O) groups excluding carboxylic acids is 2. The Morgan fingerprint density at radius 3 is 2.31 bits per heavy atom. The Balaban J connectivity index is 2.35. The first-order valence-corrected chi connectivity index (χ1v) is 5.09. The van der Waals surface area contributed by atoms with E-state index in [1.54, 1.807) is 0 Å². The van der Waals surface area contributed by atoms with Gasteiger partial charge in [0.1, 0.15) is 12.7 Å². The highest BCUT2D eigenvalue weighted by atomic mass is 16.6. The molecule has 0 saturated heterocycles. The molecular weight excluding hydrogens is 208 g/mol. The number of hydrogen-bond donors (Lipinski definition) is 0. The van der Waals surface area contributed by atoms with Crippen molar-refractivity contribution in [1.82, 2.24) is 0 Å². The van der Waals surface area contributed by atoms with E-state index < -0.39 is 6.10 Å². The molecular formula is C12H15O4. The van der Waals surface area contributed by atoms with Gasteiger partial charge in [0.15, 0.2) is 0 Å². The Hall–Kier alpha value is -1.06. The molecule has 1 atom stereocenters. The predicted molar refractivity (Wildman–Crippen MR) is 57.2 cm³/mol. The Morgan fingerprint density at radius 1 is 1.19 bits per heavy atom. The molecule has 0 amide bonds. The molecule has 0 aromatic heterocycles. The second-order valence-corrected chi connectivity index (χ2v) is 3.53. The summed E-state index contributed by atoms with van der Waals surface area (Å²) in [6.45, 7) is 2.76. The van der Waals surface area contributed by atoms with E-state index in [1.807, 2.05) is 25.7 Å². The summed E-state index contributed by atoms with van der Waals surface area (Å²) in [6, 6.07) is 0. The molecule has 16 heavy (non-hydrogen) atoms. The fourth-order valence-corrected chi connectivity index (χ4v) is 1.39. The maximum Gasteiger partial charge on any atom is 0.303 e. The lowest BCUT2D eigenvalue weighted by molar-refractivity contribution is -0.156. The highest BCUT2D eigenvalue weighted by Gasteiger charge is 2.23. The first-order chi connectivity index (χ1) is 7.58. The van der Waals surface area contributed by atoms with Crippen molar-refractivity contribution >= 4 is 11.9 Å². The first kappa shape index (κ1) is 13.0. The van der Waals surface area contributed by atoms with Gasteiger partial charge in [0.2, 0.25) is 0 Å². The van der Waals surface area contributed by atoms with Gasteiger partial charge < -0.3 is 9.47 Å². The monoisotopic (exact) mass is 223 g/mol. The molecule has 0 N–H and O–H groups in total. The zero-order valence-electron chi connectivity index (χ0n) is 9.43. The molecule has 0 heterocycles. The predicted octanol–water partition coefficient (Wildman–Crippen LogP) is 1.28. The number of carbonyl (C=O) groups is 2. The molecule has 5 radical (unpaired) electrons. The highest BCUT2D eigenvalue weighted by Crippen LogP contribution is 2.28. The standard InChI is InChI=1S/C12H15O4/c1-9(13)15-8-12(16-10(2)14)7-11-5-3-4-6-11/h3-6,12H,7-8H2,1-2H3/t12-/m0/s1. The number of hydrogen-bond acceptors (Lipinski definition) is 4. The minimum absolute atomic E-state index is 0.0973. The third kappa shape index (κ3) is 5.14.